The zero-order valence-corrected chi connectivity index (χ0v) is 11.8. The van der Waals surface area contributed by atoms with Gasteiger partial charge in [-0.2, -0.15) is 0 Å². The molecule has 0 spiro atoms. The Morgan fingerprint density at radius 1 is 1.39 bits per heavy atom. The Morgan fingerprint density at radius 2 is 2.22 bits per heavy atom. The van der Waals surface area contributed by atoms with Gasteiger partial charge in [0, 0.05) is 23.7 Å². The van der Waals surface area contributed by atoms with Crippen molar-refractivity contribution in [2.75, 3.05) is 0 Å². The summed E-state index contributed by atoms with van der Waals surface area (Å²) in [5, 5.41) is 4.42. The van der Waals surface area contributed by atoms with Crippen LogP contribution in [0.1, 0.15) is 31.3 Å². The zero-order valence-electron chi connectivity index (χ0n) is 11.0. The number of thiazole rings is 1. The SMILES string of the molecule is CCc1nc(-c2ccncn2)sc1CNC(C)C. The average Bonchev–Trinajstić information content (AvgIpc) is 2.80. The summed E-state index contributed by atoms with van der Waals surface area (Å²) in [5.41, 5.74) is 2.07. The Labute approximate surface area is 112 Å². The van der Waals surface area contributed by atoms with Crippen molar-refractivity contribution in [3.05, 3.63) is 29.2 Å². The second-order valence-corrected chi connectivity index (χ2v) is 5.46. The van der Waals surface area contributed by atoms with Gasteiger partial charge in [0.25, 0.3) is 0 Å². The Balaban J connectivity index is 2.24. The van der Waals surface area contributed by atoms with E-state index in [0.717, 1.165) is 23.7 Å². The summed E-state index contributed by atoms with van der Waals surface area (Å²) < 4.78 is 0. The Kier molecular flexibility index (Phi) is 4.38. The van der Waals surface area contributed by atoms with Gasteiger partial charge in [0.15, 0.2) is 0 Å². The predicted octanol–water partition coefficient (Wildman–Crippen LogP) is 2.66. The first-order valence-corrected chi connectivity index (χ1v) is 7.00. The molecular weight excluding hydrogens is 244 g/mol. The van der Waals surface area contributed by atoms with Gasteiger partial charge in [-0.3, -0.25) is 0 Å². The minimum absolute atomic E-state index is 0.485. The zero-order chi connectivity index (χ0) is 13.0. The van der Waals surface area contributed by atoms with Crippen molar-refractivity contribution in [2.45, 2.75) is 39.8 Å². The summed E-state index contributed by atoms with van der Waals surface area (Å²) in [6.45, 7) is 7.32. The highest BCUT2D eigenvalue weighted by Crippen LogP contribution is 2.26. The maximum absolute atomic E-state index is 4.67. The lowest BCUT2D eigenvalue weighted by Crippen LogP contribution is -2.21. The van der Waals surface area contributed by atoms with Crippen LogP contribution in [-0.4, -0.2) is 21.0 Å². The quantitative estimate of drug-likeness (QED) is 0.900. The average molecular weight is 262 g/mol. The van der Waals surface area contributed by atoms with E-state index in [2.05, 4.69) is 41.0 Å². The van der Waals surface area contributed by atoms with Crippen LogP contribution in [0.3, 0.4) is 0 Å². The van der Waals surface area contributed by atoms with Gasteiger partial charge >= 0.3 is 0 Å². The predicted molar refractivity (Wildman–Crippen MR) is 74.5 cm³/mol. The van der Waals surface area contributed by atoms with Crippen LogP contribution < -0.4 is 5.32 Å². The van der Waals surface area contributed by atoms with E-state index in [-0.39, 0.29) is 0 Å². The van der Waals surface area contributed by atoms with Crippen LogP contribution in [0.15, 0.2) is 18.6 Å². The largest absolute Gasteiger partial charge is 0.310 e. The van der Waals surface area contributed by atoms with Crippen molar-refractivity contribution in [1.29, 1.82) is 0 Å². The summed E-state index contributed by atoms with van der Waals surface area (Å²) in [6, 6.07) is 2.39. The fourth-order valence-electron chi connectivity index (χ4n) is 1.62. The Hall–Kier alpha value is -1.33. The number of hydrogen-bond donors (Lipinski definition) is 1. The van der Waals surface area contributed by atoms with Gasteiger partial charge in [-0.05, 0) is 12.5 Å². The second-order valence-electron chi connectivity index (χ2n) is 4.37. The fraction of sp³-hybridized carbons (Fsp3) is 0.462. The van der Waals surface area contributed by atoms with Crippen LogP contribution >= 0.6 is 11.3 Å². The van der Waals surface area contributed by atoms with Gasteiger partial charge in [-0.25, -0.2) is 15.0 Å². The maximum atomic E-state index is 4.67. The van der Waals surface area contributed by atoms with Crippen molar-refractivity contribution in [1.82, 2.24) is 20.3 Å². The fourth-order valence-corrected chi connectivity index (χ4v) is 2.70. The third kappa shape index (κ3) is 3.11. The molecule has 4 nitrogen and oxygen atoms in total. The molecule has 0 radical (unpaired) electrons. The number of rotatable bonds is 5. The van der Waals surface area contributed by atoms with E-state index in [0.29, 0.717) is 6.04 Å². The van der Waals surface area contributed by atoms with Gasteiger partial charge in [0.05, 0.1) is 5.69 Å². The third-order valence-electron chi connectivity index (χ3n) is 2.59. The van der Waals surface area contributed by atoms with Gasteiger partial charge in [-0.1, -0.05) is 20.8 Å². The molecule has 18 heavy (non-hydrogen) atoms. The number of nitrogens with zero attached hydrogens (tertiary/aromatic N) is 3. The second kappa shape index (κ2) is 6.02. The van der Waals surface area contributed by atoms with E-state index in [1.54, 1.807) is 23.9 Å². The first kappa shape index (κ1) is 13.1. The Bertz CT molecular complexity index is 493. The molecule has 2 rings (SSSR count). The van der Waals surface area contributed by atoms with Crippen LogP contribution in [0, 0.1) is 0 Å². The first-order valence-electron chi connectivity index (χ1n) is 6.19. The van der Waals surface area contributed by atoms with Crippen LogP contribution in [0.2, 0.25) is 0 Å². The molecule has 0 atom stereocenters. The normalized spacial score (nSPS) is 11.1. The topological polar surface area (TPSA) is 50.7 Å². The standard InChI is InChI=1S/C13H18N4S/c1-4-10-12(7-15-9(2)3)18-13(17-10)11-5-6-14-8-16-11/h5-6,8-9,15H,4,7H2,1-3H3. The molecule has 0 saturated carbocycles. The van der Waals surface area contributed by atoms with Crippen molar-refractivity contribution in [3.8, 4) is 10.7 Å². The summed E-state index contributed by atoms with van der Waals surface area (Å²) in [5.74, 6) is 0. The monoisotopic (exact) mass is 262 g/mol. The molecule has 2 aromatic rings. The molecule has 2 heterocycles. The molecular formula is C13H18N4S. The van der Waals surface area contributed by atoms with Crippen molar-refractivity contribution in [3.63, 3.8) is 0 Å². The van der Waals surface area contributed by atoms with Crippen molar-refractivity contribution in [2.24, 2.45) is 0 Å². The van der Waals surface area contributed by atoms with Gasteiger partial charge in [0.1, 0.15) is 17.0 Å². The third-order valence-corrected chi connectivity index (χ3v) is 3.71. The van der Waals surface area contributed by atoms with Gasteiger partial charge in [0.2, 0.25) is 0 Å². The minimum atomic E-state index is 0.485. The summed E-state index contributed by atoms with van der Waals surface area (Å²) in [7, 11) is 0. The van der Waals surface area contributed by atoms with Crippen molar-refractivity contribution >= 4 is 11.3 Å². The lowest BCUT2D eigenvalue weighted by Gasteiger charge is -2.06. The van der Waals surface area contributed by atoms with Crippen LogP contribution in [-0.2, 0) is 13.0 Å². The maximum Gasteiger partial charge on any atom is 0.142 e. The van der Waals surface area contributed by atoms with Gasteiger partial charge in [-0.15, -0.1) is 11.3 Å². The molecule has 0 fully saturated rings. The summed E-state index contributed by atoms with van der Waals surface area (Å²) >= 11 is 1.72. The number of hydrogen-bond acceptors (Lipinski definition) is 5. The van der Waals surface area contributed by atoms with E-state index in [1.165, 1.54) is 10.6 Å². The number of aromatic nitrogens is 3. The molecule has 1 N–H and O–H groups in total. The van der Waals surface area contributed by atoms with Crippen LogP contribution in [0.5, 0.6) is 0 Å². The molecule has 2 aromatic heterocycles. The van der Waals surface area contributed by atoms with E-state index in [4.69, 9.17) is 0 Å². The smallest absolute Gasteiger partial charge is 0.142 e. The first-order chi connectivity index (χ1) is 8.70. The van der Waals surface area contributed by atoms with Crippen molar-refractivity contribution < 1.29 is 0 Å². The molecule has 0 unspecified atom stereocenters. The molecule has 0 aromatic carbocycles. The summed E-state index contributed by atoms with van der Waals surface area (Å²) in [4.78, 5) is 14.2. The molecule has 0 aliphatic carbocycles. The van der Waals surface area contributed by atoms with Crippen LogP contribution in [0.25, 0.3) is 10.7 Å². The molecule has 0 aliphatic rings. The van der Waals surface area contributed by atoms with E-state index in [9.17, 15) is 0 Å². The number of nitrogens with one attached hydrogen (secondary N) is 1. The highest BCUT2D eigenvalue weighted by Gasteiger charge is 2.12. The van der Waals surface area contributed by atoms with Crippen LogP contribution in [0.4, 0.5) is 0 Å². The molecule has 0 bridgehead atoms. The molecule has 0 amide bonds. The lowest BCUT2D eigenvalue weighted by molar-refractivity contribution is 0.590. The lowest BCUT2D eigenvalue weighted by atomic mass is 10.3. The molecule has 0 aliphatic heterocycles. The number of aryl methyl sites for hydroxylation is 1. The minimum Gasteiger partial charge on any atom is -0.310 e. The van der Waals surface area contributed by atoms with E-state index < -0.39 is 0 Å². The molecule has 5 heteroatoms. The Morgan fingerprint density at radius 3 is 2.83 bits per heavy atom. The highest BCUT2D eigenvalue weighted by atomic mass is 32.1. The summed E-state index contributed by atoms with van der Waals surface area (Å²) in [6.07, 6.45) is 4.27. The molecule has 0 saturated heterocycles. The molecule has 96 valence electrons. The van der Waals surface area contributed by atoms with E-state index >= 15 is 0 Å². The highest BCUT2D eigenvalue weighted by molar-refractivity contribution is 7.15. The van der Waals surface area contributed by atoms with E-state index in [1.807, 2.05) is 6.07 Å². The van der Waals surface area contributed by atoms with Gasteiger partial charge < -0.3 is 5.32 Å².